The minimum absolute atomic E-state index is 0.0642. The molecule has 0 aromatic carbocycles. The largest absolute Gasteiger partial charge is 0.355 e. The Morgan fingerprint density at radius 2 is 1.71 bits per heavy atom. The first-order chi connectivity index (χ1) is 8.07. The van der Waals surface area contributed by atoms with Crippen LogP contribution in [0.25, 0.3) is 0 Å². The number of rotatable bonds is 10. The van der Waals surface area contributed by atoms with Crippen molar-refractivity contribution in [2.75, 3.05) is 13.1 Å². The molecule has 2 N–H and O–H groups in total. The predicted molar refractivity (Wildman–Crippen MR) is 74.1 cm³/mol. The fourth-order valence-electron chi connectivity index (χ4n) is 1.77. The first-order valence-electron chi connectivity index (χ1n) is 7.09. The maximum absolute atomic E-state index is 11.4. The smallest absolute Gasteiger partial charge is 0.236 e. The number of hydrogen-bond acceptors (Lipinski definition) is 2. The SMILES string of the molecule is CCNC(=O)C(C)NCCCCCCC(C)C. The first-order valence-corrected chi connectivity index (χ1v) is 7.09. The van der Waals surface area contributed by atoms with Crippen molar-refractivity contribution in [2.45, 2.75) is 65.8 Å². The summed E-state index contributed by atoms with van der Waals surface area (Å²) >= 11 is 0. The van der Waals surface area contributed by atoms with Gasteiger partial charge in [0.05, 0.1) is 6.04 Å². The molecule has 1 amide bonds. The molecule has 0 saturated heterocycles. The Kier molecular flexibility index (Phi) is 10.2. The van der Waals surface area contributed by atoms with Crippen LogP contribution in [0.3, 0.4) is 0 Å². The summed E-state index contributed by atoms with van der Waals surface area (Å²) in [6.07, 6.45) is 6.42. The van der Waals surface area contributed by atoms with Crippen LogP contribution in [0.4, 0.5) is 0 Å². The van der Waals surface area contributed by atoms with Crippen molar-refractivity contribution in [3.8, 4) is 0 Å². The summed E-state index contributed by atoms with van der Waals surface area (Å²) in [6.45, 7) is 10.1. The van der Waals surface area contributed by atoms with Gasteiger partial charge in [-0.3, -0.25) is 4.79 Å². The van der Waals surface area contributed by atoms with Crippen LogP contribution in [0.5, 0.6) is 0 Å². The van der Waals surface area contributed by atoms with Crippen molar-refractivity contribution in [1.29, 1.82) is 0 Å². The van der Waals surface area contributed by atoms with Crippen LogP contribution in [0.2, 0.25) is 0 Å². The third-order valence-corrected chi connectivity index (χ3v) is 2.90. The van der Waals surface area contributed by atoms with E-state index in [1.165, 1.54) is 32.1 Å². The maximum Gasteiger partial charge on any atom is 0.236 e. The highest BCUT2D eigenvalue weighted by Crippen LogP contribution is 2.08. The Hall–Kier alpha value is -0.570. The second-order valence-electron chi connectivity index (χ2n) is 5.17. The molecule has 0 aliphatic heterocycles. The van der Waals surface area contributed by atoms with Gasteiger partial charge in [0.2, 0.25) is 5.91 Å². The number of hydrogen-bond donors (Lipinski definition) is 2. The van der Waals surface area contributed by atoms with E-state index >= 15 is 0 Å². The average Bonchev–Trinajstić information content (AvgIpc) is 2.27. The van der Waals surface area contributed by atoms with Gasteiger partial charge >= 0.3 is 0 Å². The molecule has 0 rings (SSSR count). The number of amides is 1. The van der Waals surface area contributed by atoms with E-state index in [-0.39, 0.29) is 11.9 Å². The van der Waals surface area contributed by atoms with E-state index in [0.29, 0.717) is 6.54 Å². The van der Waals surface area contributed by atoms with Crippen LogP contribution < -0.4 is 10.6 Å². The Morgan fingerprint density at radius 1 is 1.06 bits per heavy atom. The van der Waals surface area contributed by atoms with Crippen LogP contribution in [0.15, 0.2) is 0 Å². The Balaban J connectivity index is 3.30. The van der Waals surface area contributed by atoms with Gasteiger partial charge in [0, 0.05) is 6.54 Å². The average molecular weight is 242 g/mol. The molecule has 0 saturated carbocycles. The Morgan fingerprint density at radius 3 is 2.29 bits per heavy atom. The van der Waals surface area contributed by atoms with Crippen LogP contribution >= 0.6 is 0 Å². The van der Waals surface area contributed by atoms with E-state index in [9.17, 15) is 4.79 Å². The zero-order valence-corrected chi connectivity index (χ0v) is 12.0. The lowest BCUT2D eigenvalue weighted by Crippen LogP contribution is -2.42. The van der Waals surface area contributed by atoms with Gasteiger partial charge in [-0.15, -0.1) is 0 Å². The highest BCUT2D eigenvalue weighted by atomic mass is 16.2. The zero-order valence-electron chi connectivity index (χ0n) is 12.0. The second kappa shape index (κ2) is 10.6. The molecule has 0 fully saturated rings. The second-order valence-corrected chi connectivity index (χ2v) is 5.17. The predicted octanol–water partition coefficient (Wildman–Crippen LogP) is 2.71. The highest BCUT2D eigenvalue weighted by Gasteiger charge is 2.09. The minimum atomic E-state index is -0.0642. The minimum Gasteiger partial charge on any atom is -0.355 e. The summed E-state index contributed by atoms with van der Waals surface area (Å²) in [4.78, 5) is 11.4. The van der Waals surface area contributed by atoms with E-state index in [4.69, 9.17) is 0 Å². The molecule has 0 aromatic rings. The number of carbonyl (C=O) groups is 1. The zero-order chi connectivity index (χ0) is 13.1. The third-order valence-electron chi connectivity index (χ3n) is 2.90. The van der Waals surface area contributed by atoms with Crippen molar-refractivity contribution in [3.05, 3.63) is 0 Å². The first kappa shape index (κ1) is 16.4. The summed E-state index contributed by atoms with van der Waals surface area (Å²) < 4.78 is 0. The highest BCUT2D eigenvalue weighted by molar-refractivity contribution is 5.81. The quantitative estimate of drug-likeness (QED) is 0.578. The molecule has 0 aliphatic rings. The molecule has 17 heavy (non-hydrogen) atoms. The molecular formula is C14H30N2O. The summed E-state index contributed by atoms with van der Waals surface area (Å²) in [5.74, 6) is 0.929. The van der Waals surface area contributed by atoms with Crippen LogP contribution in [-0.4, -0.2) is 25.0 Å². The number of likely N-dealkylation sites (N-methyl/N-ethyl adjacent to an activating group) is 1. The number of unbranched alkanes of at least 4 members (excludes halogenated alkanes) is 3. The Labute approximate surface area is 107 Å². The molecule has 0 spiro atoms. The summed E-state index contributed by atoms with van der Waals surface area (Å²) in [7, 11) is 0. The van der Waals surface area contributed by atoms with Crippen molar-refractivity contribution in [2.24, 2.45) is 5.92 Å². The molecule has 102 valence electrons. The van der Waals surface area contributed by atoms with Gasteiger partial charge in [-0.05, 0) is 32.7 Å². The van der Waals surface area contributed by atoms with Crippen LogP contribution in [0.1, 0.15) is 59.8 Å². The molecule has 0 bridgehead atoms. The van der Waals surface area contributed by atoms with Crippen molar-refractivity contribution in [3.63, 3.8) is 0 Å². The van der Waals surface area contributed by atoms with Gasteiger partial charge < -0.3 is 10.6 Å². The molecule has 3 nitrogen and oxygen atoms in total. The molecule has 3 heteroatoms. The lowest BCUT2D eigenvalue weighted by molar-refractivity contribution is -0.122. The van der Waals surface area contributed by atoms with Crippen LogP contribution in [0, 0.1) is 5.92 Å². The fraction of sp³-hybridized carbons (Fsp3) is 0.929. The van der Waals surface area contributed by atoms with Gasteiger partial charge in [0.25, 0.3) is 0 Å². The van der Waals surface area contributed by atoms with Crippen LogP contribution in [-0.2, 0) is 4.79 Å². The summed E-state index contributed by atoms with van der Waals surface area (Å²) in [6, 6.07) is -0.0642. The van der Waals surface area contributed by atoms with Crippen molar-refractivity contribution < 1.29 is 4.79 Å². The number of nitrogens with one attached hydrogen (secondary N) is 2. The van der Waals surface area contributed by atoms with Crippen molar-refractivity contribution in [1.82, 2.24) is 10.6 Å². The summed E-state index contributed by atoms with van der Waals surface area (Å²) in [5, 5.41) is 6.07. The Bertz CT molecular complexity index is 193. The standard InChI is InChI=1S/C14H30N2O/c1-5-15-14(17)13(4)16-11-9-7-6-8-10-12(2)3/h12-13,16H,5-11H2,1-4H3,(H,15,17). The fourth-order valence-corrected chi connectivity index (χ4v) is 1.77. The molecule has 0 aromatic heterocycles. The number of carbonyl (C=O) groups excluding carboxylic acids is 1. The maximum atomic E-state index is 11.4. The van der Waals surface area contributed by atoms with E-state index in [2.05, 4.69) is 24.5 Å². The molecule has 0 aliphatic carbocycles. The lowest BCUT2D eigenvalue weighted by atomic mass is 10.0. The van der Waals surface area contributed by atoms with Gasteiger partial charge in [-0.25, -0.2) is 0 Å². The van der Waals surface area contributed by atoms with Gasteiger partial charge in [0.1, 0.15) is 0 Å². The lowest BCUT2D eigenvalue weighted by Gasteiger charge is -2.13. The molecule has 1 unspecified atom stereocenters. The molecule has 1 atom stereocenters. The van der Waals surface area contributed by atoms with E-state index in [1.807, 2.05) is 13.8 Å². The van der Waals surface area contributed by atoms with Gasteiger partial charge in [-0.2, -0.15) is 0 Å². The van der Waals surface area contributed by atoms with Gasteiger partial charge in [-0.1, -0.05) is 39.5 Å². The van der Waals surface area contributed by atoms with E-state index < -0.39 is 0 Å². The van der Waals surface area contributed by atoms with E-state index in [1.54, 1.807) is 0 Å². The topological polar surface area (TPSA) is 41.1 Å². The monoisotopic (exact) mass is 242 g/mol. The van der Waals surface area contributed by atoms with Crippen molar-refractivity contribution >= 4 is 5.91 Å². The molecule has 0 heterocycles. The third kappa shape index (κ3) is 10.3. The summed E-state index contributed by atoms with van der Waals surface area (Å²) in [5.41, 5.74) is 0. The molecule has 0 radical (unpaired) electrons. The van der Waals surface area contributed by atoms with E-state index in [0.717, 1.165) is 12.5 Å². The molecular weight excluding hydrogens is 212 g/mol. The van der Waals surface area contributed by atoms with Gasteiger partial charge in [0.15, 0.2) is 0 Å². The normalized spacial score (nSPS) is 12.8.